The van der Waals surface area contributed by atoms with Crippen molar-refractivity contribution in [3.05, 3.63) is 27.7 Å². The highest BCUT2D eigenvalue weighted by Crippen LogP contribution is 2.41. The number of ether oxygens (including phenoxy) is 1. The molecule has 4 heteroatoms. The van der Waals surface area contributed by atoms with E-state index in [1.807, 2.05) is 0 Å². The Balaban J connectivity index is 1.66. The minimum absolute atomic E-state index is 0.346. The maximum absolute atomic E-state index is 11.1. The molecular formula is C16H20BrNO2. The number of fused-ring (bicyclic) bond motifs is 2. The van der Waals surface area contributed by atoms with Crippen LogP contribution in [-0.2, 0) is 12.8 Å². The number of rotatable bonds is 2. The van der Waals surface area contributed by atoms with Gasteiger partial charge in [0.25, 0.3) is 0 Å². The van der Waals surface area contributed by atoms with Gasteiger partial charge in [0.2, 0.25) is 0 Å². The zero-order valence-corrected chi connectivity index (χ0v) is 13.2. The summed E-state index contributed by atoms with van der Waals surface area (Å²) in [6.45, 7) is 2.96. The van der Waals surface area contributed by atoms with Crippen LogP contribution in [0.5, 0.6) is 5.75 Å². The second-order valence-corrected chi connectivity index (χ2v) is 7.29. The molecule has 1 N–H and O–H groups in total. The molecule has 1 aromatic carbocycles. The van der Waals surface area contributed by atoms with Crippen molar-refractivity contribution in [3.8, 4) is 5.75 Å². The largest absolute Gasteiger partial charge is 0.493 e. The molecule has 2 atom stereocenters. The van der Waals surface area contributed by atoms with Crippen LogP contribution in [0.25, 0.3) is 0 Å². The molecule has 2 unspecified atom stereocenters. The van der Waals surface area contributed by atoms with Crippen molar-refractivity contribution in [1.82, 2.24) is 4.90 Å². The first-order valence-corrected chi connectivity index (χ1v) is 8.35. The summed E-state index contributed by atoms with van der Waals surface area (Å²) in [6.07, 6.45) is 4.94. The van der Waals surface area contributed by atoms with E-state index in [0.717, 1.165) is 55.6 Å². The number of nitrogens with zero attached hydrogens (tertiary/aromatic N) is 1. The molecule has 1 aromatic rings. The Morgan fingerprint density at radius 3 is 3.20 bits per heavy atom. The number of hydrogen-bond donors (Lipinski definition) is 1. The number of hydrogen-bond acceptors (Lipinski definition) is 3. The summed E-state index contributed by atoms with van der Waals surface area (Å²) in [4.78, 5) is 2.46. The quantitative estimate of drug-likeness (QED) is 0.900. The van der Waals surface area contributed by atoms with Gasteiger partial charge in [-0.1, -0.05) is 15.9 Å². The predicted octanol–water partition coefficient (Wildman–Crippen LogP) is 2.53. The summed E-state index contributed by atoms with van der Waals surface area (Å²) in [7, 11) is 0. The predicted molar refractivity (Wildman–Crippen MR) is 81.2 cm³/mol. The number of halogens is 1. The van der Waals surface area contributed by atoms with Crippen LogP contribution in [0.15, 0.2) is 16.6 Å². The van der Waals surface area contributed by atoms with E-state index in [2.05, 4.69) is 33.0 Å². The highest BCUT2D eigenvalue weighted by Gasteiger charge is 2.48. The minimum atomic E-state index is -0.572. The second-order valence-electron chi connectivity index (χ2n) is 6.38. The highest BCUT2D eigenvalue weighted by atomic mass is 79.9. The first kappa shape index (κ1) is 13.1. The van der Waals surface area contributed by atoms with Gasteiger partial charge in [-0.2, -0.15) is 0 Å². The summed E-state index contributed by atoms with van der Waals surface area (Å²) >= 11 is 3.59. The van der Waals surface area contributed by atoms with E-state index in [1.165, 1.54) is 17.5 Å². The van der Waals surface area contributed by atoms with Crippen LogP contribution >= 0.6 is 15.9 Å². The van der Waals surface area contributed by atoms with E-state index in [4.69, 9.17) is 4.74 Å². The smallest absolute Gasteiger partial charge is 0.125 e. The van der Waals surface area contributed by atoms with Crippen molar-refractivity contribution >= 4 is 15.9 Å². The molecule has 0 radical (unpaired) electrons. The van der Waals surface area contributed by atoms with Crippen LogP contribution in [0, 0.1) is 0 Å². The van der Waals surface area contributed by atoms with E-state index in [9.17, 15) is 5.11 Å². The first-order chi connectivity index (χ1) is 9.66. The van der Waals surface area contributed by atoms with Gasteiger partial charge in [0.1, 0.15) is 5.75 Å². The molecule has 108 valence electrons. The lowest BCUT2D eigenvalue weighted by Crippen LogP contribution is -2.43. The van der Waals surface area contributed by atoms with Crippen LogP contribution in [0.1, 0.15) is 30.4 Å². The Morgan fingerprint density at radius 2 is 2.30 bits per heavy atom. The van der Waals surface area contributed by atoms with Gasteiger partial charge in [-0.05, 0) is 49.1 Å². The maximum atomic E-state index is 11.1. The molecule has 2 fully saturated rings. The van der Waals surface area contributed by atoms with E-state index >= 15 is 0 Å². The third kappa shape index (κ3) is 2.00. The third-order valence-corrected chi connectivity index (χ3v) is 5.60. The van der Waals surface area contributed by atoms with Crippen molar-refractivity contribution in [3.63, 3.8) is 0 Å². The molecular weight excluding hydrogens is 318 g/mol. The van der Waals surface area contributed by atoms with Gasteiger partial charge < -0.3 is 9.84 Å². The molecule has 0 aromatic heterocycles. The Kier molecular flexibility index (Phi) is 3.09. The Bertz CT molecular complexity index is 548. The zero-order valence-electron chi connectivity index (χ0n) is 11.6. The standard InChI is InChI=1S/C16H20BrNO2/c17-13-8-11-3-7-20-15(11)12(9-13)10-16(19)4-6-18-5-1-2-14(16)18/h8-9,14,19H,1-7,10H2. The molecule has 3 heterocycles. The third-order valence-electron chi connectivity index (χ3n) is 5.14. The Labute approximate surface area is 128 Å². The second kappa shape index (κ2) is 4.72. The molecule has 0 aliphatic carbocycles. The Hall–Kier alpha value is -0.580. The average molecular weight is 338 g/mol. The van der Waals surface area contributed by atoms with Gasteiger partial charge in [0, 0.05) is 29.9 Å². The van der Waals surface area contributed by atoms with Crippen LogP contribution in [-0.4, -0.2) is 41.3 Å². The SMILES string of the molecule is OC1(Cc2cc(Br)cc3c2OCC3)CCN2CCCC21. The normalized spacial score (nSPS) is 32.2. The minimum Gasteiger partial charge on any atom is -0.493 e. The fourth-order valence-electron chi connectivity index (χ4n) is 4.22. The van der Waals surface area contributed by atoms with Gasteiger partial charge >= 0.3 is 0 Å². The van der Waals surface area contributed by atoms with E-state index in [-0.39, 0.29) is 0 Å². The molecule has 20 heavy (non-hydrogen) atoms. The lowest BCUT2D eigenvalue weighted by atomic mass is 9.85. The van der Waals surface area contributed by atoms with Crippen LogP contribution in [0.2, 0.25) is 0 Å². The van der Waals surface area contributed by atoms with Crippen LogP contribution < -0.4 is 4.74 Å². The first-order valence-electron chi connectivity index (χ1n) is 7.56. The van der Waals surface area contributed by atoms with Gasteiger partial charge in [-0.15, -0.1) is 0 Å². The molecule has 3 aliphatic rings. The fourth-order valence-corrected chi connectivity index (χ4v) is 4.77. The lowest BCUT2D eigenvalue weighted by Gasteiger charge is -2.30. The molecule has 0 saturated carbocycles. The van der Waals surface area contributed by atoms with E-state index in [0.29, 0.717) is 6.04 Å². The fraction of sp³-hybridized carbons (Fsp3) is 0.625. The van der Waals surface area contributed by atoms with Crippen molar-refractivity contribution in [2.45, 2.75) is 43.7 Å². The number of benzene rings is 1. The molecule has 3 nitrogen and oxygen atoms in total. The van der Waals surface area contributed by atoms with Crippen molar-refractivity contribution in [2.75, 3.05) is 19.7 Å². The molecule has 4 rings (SSSR count). The monoisotopic (exact) mass is 337 g/mol. The molecule has 2 saturated heterocycles. The van der Waals surface area contributed by atoms with Gasteiger partial charge in [0.15, 0.2) is 0 Å². The summed E-state index contributed by atoms with van der Waals surface area (Å²) in [5, 5.41) is 11.1. The van der Waals surface area contributed by atoms with Crippen molar-refractivity contribution in [2.24, 2.45) is 0 Å². The summed E-state index contributed by atoms with van der Waals surface area (Å²) in [5.41, 5.74) is 1.87. The van der Waals surface area contributed by atoms with Crippen molar-refractivity contribution in [1.29, 1.82) is 0 Å². The van der Waals surface area contributed by atoms with Crippen LogP contribution in [0.3, 0.4) is 0 Å². The molecule has 3 aliphatic heterocycles. The van der Waals surface area contributed by atoms with Gasteiger partial charge in [0.05, 0.1) is 12.2 Å². The lowest BCUT2D eigenvalue weighted by molar-refractivity contribution is 0.0136. The van der Waals surface area contributed by atoms with Gasteiger partial charge in [-0.3, -0.25) is 4.90 Å². The number of aliphatic hydroxyl groups is 1. The van der Waals surface area contributed by atoms with E-state index < -0.39 is 5.60 Å². The van der Waals surface area contributed by atoms with Gasteiger partial charge in [-0.25, -0.2) is 0 Å². The Morgan fingerprint density at radius 1 is 1.40 bits per heavy atom. The molecule has 0 spiro atoms. The summed E-state index contributed by atoms with van der Waals surface area (Å²) in [6, 6.07) is 4.62. The summed E-state index contributed by atoms with van der Waals surface area (Å²) in [5.74, 6) is 1.03. The molecule has 0 amide bonds. The zero-order chi connectivity index (χ0) is 13.7. The highest BCUT2D eigenvalue weighted by molar-refractivity contribution is 9.10. The molecule has 0 bridgehead atoms. The van der Waals surface area contributed by atoms with Crippen LogP contribution in [0.4, 0.5) is 0 Å². The maximum Gasteiger partial charge on any atom is 0.125 e. The average Bonchev–Trinajstić information content (AvgIpc) is 3.08. The topological polar surface area (TPSA) is 32.7 Å². The van der Waals surface area contributed by atoms with Crippen molar-refractivity contribution < 1.29 is 9.84 Å². The van der Waals surface area contributed by atoms with E-state index in [1.54, 1.807) is 0 Å². The summed E-state index contributed by atoms with van der Waals surface area (Å²) < 4.78 is 6.90.